The van der Waals surface area contributed by atoms with E-state index >= 15 is 0 Å². The van der Waals surface area contributed by atoms with Crippen molar-refractivity contribution in [2.45, 2.75) is 18.4 Å². The van der Waals surface area contributed by atoms with Gasteiger partial charge in [0.05, 0.1) is 17.6 Å². The second-order valence-electron chi connectivity index (χ2n) is 4.83. The molecule has 0 aliphatic heterocycles. The number of aryl methyl sites for hydroxylation is 1. The zero-order chi connectivity index (χ0) is 16.2. The van der Waals surface area contributed by atoms with Crippen LogP contribution in [0.2, 0.25) is 0 Å². The van der Waals surface area contributed by atoms with Gasteiger partial charge < -0.3 is 4.74 Å². The number of rotatable bonds is 5. The Hall–Kier alpha value is -2.18. The molecule has 0 aliphatic carbocycles. The predicted molar refractivity (Wildman–Crippen MR) is 83.0 cm³/mol. The quantitative estimate of drug-likeness (QED) is 0.858. The van der Waals surface area contributed by atoms with Crippen LogP contribution in [-0.4, -0.2) is 21.5 Å². The molecule has 116 valence electrons. The molecule has 2 aromatic rings. The molecule has 0 fully saturated rings. The van der Waals surface area contributed by atoms with Gasteiger partial charge in [-0.05, 0) is 30.7 Å². The number of carbonyl (C=O) groups is 1. The molecule has 5 nitrogen and oxygen atoms in total. The molecule has 22 heavy (non-hydrogen) atoms. The summed E-state index contributed by atoms with van der Waals surface area (Å²) in [6, 6.07) is 13.3. The van der Waals surface area contributed by atoms with E-state index in [2.05, 4.69) is 9.46 Å². The summed E-state index contributed by atoms with van der Waals surface area (Å²) in [6.45, 7) is 2.15. The number of hydrogen-bond acceptors (Lipinski definition) is 4. The normalized spacial score (nSPS) is 11.2. The third-order valence-electron chi connectivity index (χ3n) is 3.15. The maximum absolute atomic E-state index is 12.3. The number of carbonyl (C=O) groups excluding carboxylic acids is 1. The Morgan fingerprint density at radius 3 is 2.45 bits per heavy atom. The monoisotopic (exact) mass is 319 g/mol. The Morgan fingerprint density at radius 2 is 1.82 bits per heavy atom. The zero-order valence-electron chi connectivity index (χ0n) is 12.4. The molecular weight excluding hydrogens is 302 g/mol. The molecule has 2 aromatic carbocycles. The van der Waals surface area contributed by atoms with Gasteiger partial charge in [0.25, 0.3) is 0 Å². The number of hydrogen-bond donors (Lipinski definition) is 1. The average Bonchev–Trinajstić information content (AvgIpc) is 2.54. The number of methoxy groups -OCH3 is 1. The van der Waals surface area contributed by atoms with Gasteiger partial charge in [-0.1, -0.05) is 35.9 Å². The highest BCUT2D eigenvalue weighted by atomic mass is 32.2. The largest absolute Gasteiger partial charge is 0.465 e. The Balaban J connectivity index is 2.16. The van der Waals surface area contributed by atoms with Crippen LogP contribution in [0.3, 0.4) is 0 Å². The number of ether oxygens (including phenoxy) is 1. The van der Waals surface area contributed by atoms with E-state index in [1.807, 2.05) is 31.2 Å². The fourth-order valence-corrected chi connectivity index (χ4v) is 2.94. The molecule has 0 aliphatic rings. The highest BCUT2D eigenvalue weighted by Crippen LogP contribution is 2.13. The minimum atomic E-state index is -3.69. The molecule has 2 rings (SSSR count). The van der Waals surface area contributed by atoms with Gasteiger partial charge in [-0.15, -0.1) is 0 Å². The number of esters is 1. The Morgan fingerprint density at radius 1 is 1.14 bits per heavy atom. The summed E-state index contributed by atoms with van der Waals surface area (Å²) < 4.78 is 31.7. The molecule has 6 heteroatoms. The summed E-state index contributed by atoms with van der Waals surface area (Å²) in [5.74, 6) is -0.574. The van der Waals surface area contributed by atoms with Gasteiger partial charge in [0.2, 0.25) is 10.0 Å². The second kappa shape index (κ2) is 6.72. The van der Waals surface area contributed by atoms with Crippen molar-refractivity contribution in [3.8, 4) is 0 Å². The topological polar surface area (TPSA) is 72.5 Å². The molecule has 0 unspecified atom stereocenters. The lowest BCUT2D eigenvalue weighted by atomic mass is 10.2. The molecule has 0 aromatic heterocycles. The van der Waals surface area contributed by atoms with E-state index in [0.717, 1.165) is 11.1 Å². The van der Waals surface area contributed by atoms with Crippen molar-refractivity contribution >= 4 is 16.0 Å². The third kappa shape index (κ3) is 3.93. The summed E-state index contributed by atoms with van der Waals surface area (Å²) in [4.78, 5) is 11.5. The van der Waals surface area contributed by atoms with Crippen LogP contribution >= 0.6 is 0 Å². The third-order valence-corrected chi connectivity index (χ3v) is 4.55. The van der Waals surface area contributed by atoms with Crippen molar-refractivity contribution < 1.29 is 17.9 Å². The Labute approximate surface area is 130 Å². The van der Waals surface area contributed by atoms with Crippen LogP contribution in [0, 0.1) is 6.92 Å². The van der Waals surface area contributed by atoms with E-state index in [4.69, 9.17) is 0 Å². The minimum absolute atomic E-state index is 0.0301. The highest BCUT2D eigenvalue weighted by Gasteiger charge is 2.16. The molecule has 0 amide bonds. The molecule has 0 bridgehead atoms. The van der Waals surface area contributed by atoms with Crippen LogP contribution in [-0.2, 0) is 21.3 Å². The Kier molecular flexibility index (Phi) is 4.95. The minimum Gasteiger partial charge on any atom is -0.465 e. The van der Waals surface area contributed by atoms with Crippen molar-refractivity contribution in [3.63, 3.8) is 0 Å². The lowest BCUT2D eigenvalue weighted by molar-refractivity contribution is 0.0600. The van der Waals surface area contributed by atoms with E-state index in [9.17, 15) is 13.2 Å². The van der Waals surface area contributed by atoms with Crippen molar-refractivity contribution in [1.82, 2.24) is 4.72 Å². The van der Waals surface area contributed by atoms with Gasteiger partial charge in [0.15, 0.2) is 0 Å². The molecule has 0 saturated heterocycles. The summed E-state index contributed by atoms with van der Waals surface area (Å²) in [5.41, 5.74) is 2.16. The van der Waals surface area contributed by atoms with Gasteiger partial charge in [-0.2, -0.15) is 0 Å². The summed E-state index contributed by atoms with van der Waals surface area (Å²) in [6.07, 6.45) is 0. The summed E-state index contributed by atoms with van der Waals surface area (Å²) in [5, 5.41) is 0. The standard InChI is InChI=1S/C16H17NO4S/c1-12-6-8-13(9-7-12)11-17-22(19,20)15-5-3-4-14(10-15)16(18)21-2/h3-10,17H,11H2,1-2H3. The van der Waals surface area contributed by atoms with Crippen LogP contribution in [0.25, 0.3) is 0 Å². The summed E-state index contributed by atoms with van der Waals surface area (Å²) >= 11 is 0. The molecular formula is C16H17NO4S. The fourth-order valence-electron chi connectivity index (χ4n) is 1.88. The van der Waals surface area contributed by atoms with Crippen LogP contribution in [0.5, 0.6) is 0 Å². The van der Waals surface area contributed by atoms with Crippen molar-refractivity contribution in [2.24, 2.45) is 0 Å². The maximum Gasteiger partial charge on any atom is 0.337 e. The van der Waals surface area contributed by atoms with Gasteiger partial charge in [-0.25, -0.2) is 17.9 Å². The lowest BCUT2D eigenvalue weighted by Crippen LogP contribution is -2.23. The van der Waals surface area contributed by atoms with Crippen LogP contribution in [0.4, 0.5) is 0 Å². The lowest BCUT2D eigenvalue weighted by Gasteiger charge is -2.08. The molecule has 0 atom stereocenters. The van der Waals surface area contributed by atoms with Crippen molar-refractivity contribution in [3.05, 3.63) is 65.2 Å². The number of benzene rings is 2. The fraction of sp³-hybridized carbons (Fsp3) is 0.188. The van der Waals surface area contributed by atoms with Crippen LogP contribution in [0.15, 0.2) is 53.4 Å². The smallest absolute Gasteiger partial charge is 0.337 e. The van der Waals surface area contributed by atoms with E-state index in [1.54, 1.807) is 0 Å². The zero-order valence-corrected chi connectivity index (χ0v) is 13.2. The van der Waals surface area contributed by atoms with Gasteiger partial charge in [0.1, 0.15) is 0 Å². The molecule has 0 radical (unpaired) electrons. The maximum atomic E-state index is 12.3. The van der Waals surface area contributed by atoms with Crippen LogP contribution in [0.1, 0.15) is 21.5 Å². The predicted octanol–water partition coefficient (Wildman–Crippen LogP) is 2.26. The van der Waals surface area contributed by atoms with E-state index < -0.39 is 16.0 Å². The Bertz CT molecular complexity index is 767. The first-order valence-corrected chi connectivity index (χ1v) is 8.14. The van der Waals surface area contributed by atoms with E-state index in [-0.39, 0.29) is 17.0 Å². The van der Waals surface area contributed by atoms with Crippen molar-refractivity contribution in [1.29, 1.82) is 0 Å². The number of sulfonamides is 1. The molecule has 0 saturated carbocycles. The average molecular weight is 319 g/mol. The van der Waals surface area contributed by atoms with E-state index in [1.165, 1.54) is 31.4 Å². The SMILES string of the molecule is COC(=O)c1cccc(S(=O)(=O)NCc2ccc(C)cc2)c1. The molecule has 1 N–H and O–H groups in total. The van der Waals surface area contributed by atoms with Gasteiger partial charge in [0, 0.05) is 6.54 Å². The van der Waals surface area contributed by atoms with E-state index in [0.29, 0.717) is 0 Å². The highest BCUT2D eigenvalue weighted by molar-refractivity contribution is 7.89. The van der Waals surface area contributed by atoms with Gasteiger partial charge >= 0.3 is 5.97 Å². The van der Waals surface area contributed by atoms with Gasteiger partial charge in [-0.3, -0.25) is 0 Å². The first kappa shape index (κ1) is 16.2. The first-order chi connectivity index (χ1) is 10.4. The molecule has 0 spiro atoms. The summed E-state index contributed by atoms with van der Waals surface area (Å²) in [7, 11) is -2.44. The van der Waals surface area contributed by atoms with Crippen LogP contribution < -0.4 is 4.72 Å². The first-order valence-electron chi connectivity index (χ1n) is 6.66. The number of nitrogens with one attached hydrogen (secondary N) is 1. The second-order valence-corrected chi connectivity index (χ2v) is 6.60. The molecule has 0 heterocycles. The van der Waals surface area contributed by atoms with Crippen molar-refractivity contribution in [2.75, 3.05) is 7.11 Å².